The predicted octanol–water partition coefficient (Wildman–Crippen LogP) is 0.990. The molecule has 2 rings (SSSR count). The van der Waals surface area contributed by atoms with Gasteiger partial charge in [0.25, 0.3) is 0 Å². The van der Waals surface area contributed by atoms with Crippen LogP contribution < -0.4 is 5.43 Å². The minimum atomic E-state index is -1.21. The van der Waals surface area contributed by atoms with Gasteiger partial charge in [-0.05, 0) is 17.7 Å². The van der Waals surface area contributed by atoms with Gasteiger partial charge in [0.1, 0.15) is 5.56 Å². The predicted molar refractivity (Wildman–Crippen MR) is 61.0 cm³/mol. The molecule has 86 valence electrons. The van der Waals surface area contributed by atoms with Crippen molar-refractivity contribution in [2.75, 3.05) is 0 Å². The first-order chi connectivity index (χ1) is 8.16. The molecule has 5 heteroatoms. The first-order valence-corrected chi connectivity index (χ1v) is 4.99. The molecule has 2 heterocycles. The molecule has 2 aromatic rings. The van der Waals surface area contributed by atoms with Crippen molar-refractivity contribution >= 4 is 5.97 Å². The quantitative estimate of drug-likeness (QED) is 0.853. The maximum absolute atomic E-state index is 11.3. The van der Waals surface area contributed by atoms with Gasteiger partial charge in [0.15, 0.2) is 5.43 Å². The van der Waals surface area contributed by atoms with Crippen LogP contribution >= 0.6 is 0 Å². The van der Waals surface area contributed by atoms with Crippen molar-refractivity contribution in [2.24, 2.45) is 0 Å². The molecule has 0 aromatic carbocycles. The topological polar surface area (TPSA) is 72.2 Å². The van der Waals surface area contributed by atoms with E-state index in [-0.39, 0.29) is 5.56 Å². The maximum atomic E-state index is 11.3. The van der Waals surface area contributed by atoms with Crippen molar-refractivity contribution in [1.29, 1.82) is 0 Å². The Morgan fingerprint density at radius 3 is 2.65 bits per heavy atom. The molecule has 17 heavy (non-hydrogen) atoms. The number of nitrogens with zero attached hydrogens (tertiary/aromatic N) is 2. The second-order valence-corrected chi connectivity index (χ2v) is 3.56. The summed E-state index contributed by atoms with van der Waals surface area (Å²) in [5, 5.41) is 8.83. The molecule has 0 saturated heterocycles. The van der Waals surface area contributed by atoms with Crippen molar-refractivity contribution in [2.45, 2.75) is 6.54 Å². The van der Waals surface area contributed by atoms with E-state index in [1.54, 1.807) is 23.2 Å². The lowest BCUT2D eigenvalue weighted by molar-refractivity contribution is 0.0694. The van der Waals surface area contributed by atoms with Crippen molar-refractivity contribution in [3.63, 3.8) is 0 Å². The van der Waals surface area contributed by atoms with Gasteiger partial charge in [-0.3, -0.25) is 9.78 Å². The van der Waals surface area contributed by atoms with Crippen LogP contribution in [0, 0.1) is 0 Å². The fraction of sp³-hybridized carbons (Fsp3) is 0.0833. The van der Waals surface area contributed by atoms with Gasteiger partial charge in [0.2, 0.25) is 0 Å². The summed E-state index contributed by atoms with van der Waals surface area (Å²) >= 11 is 0. The van der Waals surface area contributed by atoms with E-state index in [1.165, 1.54) is 12.3 Å². The van der Waals surface area contributed by atoms with E-state index < -0.39 is 11.4 Å². The molecule has 0 unspecified atom stereocenters. The second-order valence-electron chi connectivity index (χ2n) is 3.56. The molecule has 2 aromatic heterocycles. The van der Waals surface area contributed by atoms with E-state index in [0.29, 0.717) is 6.54 Å². The third kappa shape index (κ3) is 2.57. The average Bonchev–Trinajstić information content (AvgIpc) is 2.32. The molecule has 0 spiro atoms. The van der Waals surface area contributed by atoms with Crippen LogP contribution in [0.2, 0.25) is 0 Å². The number of hydrogen-bond donors (Lipinski definition) is 1. The largest absolute Gasteiger partial charge is 0.477 e. The number of aromatic nitrogens is 2. The van der Waals surface area contributed by atoms with Crippen LogP contribution in [-0.2, 0) is 6.54 Å². The summed E-state index contributed by atoms with van der Waals surface area (Å²) < 4.78 is 1.65. The van der Waals surface area contributed by atoms with Gasteiger partial charge in [0, 0.05) is 37.4 Å². The smallest absolute Gasteiger partial charge is 0.341 e. The van der Waals surface area contributed by atoms with Crippen LogP contribution in [0.15, 0.2) is 47.8 Å². The Balaban J connectivity index is 2.32. The van der Waals surface area contributed by atoms with Gasteiger partial charge < -0.3 is 9.67 Å². The van der Waals surface area contributed by atoms with Gasteiger partial charge in [-0.2, -0.15) is 0 Å². The Morgan fingerprint density at radius 2 is 2.00 bits per heavy atom. The summed E-state index contributed by atoms with van der Waals surface area (Å²) in [6, 6.07) is 4.92. The molecule has 0 aliphatic carbocycles. The number of aromatic carboxylic acids is 1. The fourth-order valence-electron chi connectivity index (χ4n) is 1.48. The van der Waals surface area contributed by atoms with Gasteiger partial charge in [0.05, 0.1) is 0 Å². The monoisotopic (exact) mass is 230 g/mol. The summed E-state index contributed by atoms with van der Waals surface area (Å²) in [5.41, 5.74) is 0.282. The van der Waals surface area contributed by atoms with Crippen molar-refractivity contribution in [1.82, 2.24) is 9.55 Å². The highest BCUT2D eigenvalue weighted by atomic mass is 16.4. The van der Waals surface area contributed by atoms with E-state index in [1.807, 2.05) is 12.1 Å². The lowest BCUT2D eigenvalue weighted by atomic mass is 10.2. The zero-order valence-electron chi connectivity index (χ0n) is 8.91. The molecule has 0 bridgehead atoms. The molecule has 1 N–H and O–H groups in total. The minimum Gasteiger partial charge on any atom is -0.477 e. The van der Waals surface area contributed by atoms with Gasteiger partial charge in [-0.15, -0.1) is 0 Å². The van der Waals surface area contributed by atoms with E-state index in [4.69, 9.17) is 5.11 Å². The highest BCUT2D eigenvalue weighted by Gasteiger charge is 2.08. The van der Waals surface area contributed by atoms with Crippen LogP contribution in [0.1, 0.15) is 15.9 Å². The van der Waals surface area contributed by atoms with Crippen molar-refractivity contribution < 1.29 is 9.90 Å². The third-order valence-corrected chi connectivity index (χ3v) is 2.32. The summed E-state index contributed by atoms with van der Waals surface area (Å²) in [6.45, 7) is 0.503. The Bertz CT molecular complexity index is 590. The van der Waals surface area contributed by atoms with Crippen LogP contribution in [0.25, 0.3) is 0 Å². The first-order valence-electron chi connectivity index (χ1n) is 4.99. The third-order valence-electron chi connectivity index (χ3n) is 2.32. The number of carbonyl (C=O) groups is 1. The highest BCUT2D eigenvalue weighted by molar-refractivity contribution is 5.86. The summed E-state index contributed by atoms with van der Waals surface area (Å²) in [7, 11) is 0. The number of pyridine rings is 2. The Morgan fingerprint density at radius 1 is 1.29 bits per heavy atom. The number of hydrogen-bond acceptors (Lipinski definition) is 3. The fourth-order valence-corrected chi connectivity index (χ4v) is 1.48. The number of carboxylic acids is 1. The SMILES string of the molecule is O=C(O)c1cn(Cc2ccncc2)ccc1=O. The van der Waals surface area contributed by atoms with Crippen LogP contribution in [-0.4, -0.2) is 20.6 Å². The molecule has 0 aliphatic rings. The van der Waals surface area contributed by atoms with E-state index in [0.717, 1.165) is 5.56 Å². The second kappa shape index (κ2) is 4.61. The summed E-state index contributed by atoms with van der Waals surface area (Å²) in [4.78, 5) is 26.0. The van der Waals surface area contributed by atoms with E-state index in [9.17, 15) is 9.59 Å². The number of rotatable bonds is 3. The van der Waals surface area contributed by atoms with Crippen molar-refractivity contribution in [3.05, 3.63) is 64.3 Å². The van der Waals surface area contributed by atoms with Crippen LogP contribution in [0.3, 0.4) is 0 Å². The lowest BCUT2D eigenvalue weighted by Crippen LogP contribution is -2.16. The lowest BCUT2D eigenvalue weighted by Gasteiger charge is -2.06. The molecule has 5 nitrogen and oxygen atoms in total. The Labute approximate surface area is 97.0 Å². The normalized spacial score (nSPS) is 10.1. The molecule has 0 radical (unpaired) electrons. The molecule has 0 aliphatic heterocycles. The molecule has 0 fully saturated rings. The minimum absolute atomic E-state index is 0.221. The highest BCUT2D eigenvalue weighted by Crippen LogP contribution is 2.01. The van der Waals surface area contributed by atoms with Gasteiger partial charge >= 0.3 is 5.97 Å². The van der Waals surface area contributed by atoms with Crippen molar-refractivity contribution in [3.8, 4) is 0 Å². The standard InChI is InChI=1S/C12H10N2O3/c15-11-3-6-14(8-10(11)12(16)17)7-9-1-4-13-5-2-9/h1-6,8H,7H2,(H,16,17). The van der Waals surface area contributed by atoms with Crippen LogP contribution in [0.4, 0.5) is 0 Å². The summed E-state index contributed by atoms with van der Waals surface area (Å²) in [6.07, 6.45) is 6.23. The molecule has 0 amide bonds. The molecule has 0 saturated carbocycles. The maximum Gasteiger partial charge on any atom is 0.341 e. The summed E-state index contributed by atoms with van der Waals surface area (Å²) in [5.74, 6) is -1.21. The molecular weight excluding hydrogens is 220 g/mol. The van der Waals surface area contributed by atoms with Gasteiger partial charge in [-0.1, -0.05) is 0 Å². The van der Waals surface area contributed by atoms with E-state index in [2.05, 4.69) is 4.98 Å². The zero-order valence-corrected chi connectivity index (χ0v) is 8.91. The Hall–Kier alpha value is -2.43. The number of carboxylic acid groups (broad SMARTS) is 1. The Kier molecular flexibility index (Phi) is 3.00. The van der Waals surface area contributed by atoms with Gasteiger partial charge in [-0.25, -0.2) is 4.79 Å². The van der Waals surface area contributed by atoms with Crippen LogP contribution in [0.5, 0.6) is 0 Å². The van der Waals surface area contributed by atoms with E-state index >= 15 is 0 Å². The molecule has 0 atom stereocenters. The average molecular weight is 230 g/mol. The first kappa shape index (κ1) is 11.1. The molecular formula is C12H10N2O3. The zero-order chi connectivity index (χ0) is 12.3.